The van der Waals surface area contributed by atoms with Gasteiger partial charge < -0.3 is 5.11 Å². The van der Waals surface area contributed by atoms with Gasteiger partial charge in [-0.05, 0) is 17.5 Å². The molecule has 0 heterocycles. The Kier molecular flexibility index (Phi) is 6.86. The average molecular weight is 321 g/mol. The Morgan fingerprint density at radius 1 is 0.955 bits per heavy atom. The molecule has 0 spiro atoms. The van der Waals surface area contributed by atoms with Crippen LogP contribution in [0.15, 0.2) is 60.7 Å². The topological polar surface area (TPSA) is 94.8 Å². The number of aliphatic carboxylic acids is 1. The average Bonchev–Trinajstić information content (AvgIpc) is 2.50. The highest BCUT2D eigenvalue weighted by molar-refractivity contribution is 7.30. The molecule has 0 bridgehead atoms. The van der Waals surface area contributed by atoms with Crippen LogP contribution in [0.25, 0.3) is 0 Å². The van der Waals surface area contributed by atoms with E-state index in [1.54, 1.807) is 0 Å². The SMILES string of the molecule is CCC(C(=O)O)(c1ccccc1)c1ccccc1.O=[P+](O)O. The summed E-state index contributed by atoms with van der Waals surface area (Å²) >= 11 is 0. The molecule has 0 saturated carbocycles. The van der Waals surface area contributed by atoms with Gasteiger partial charge in [-0.3, -0.25) is 4.79 Å². The zero-order valence-corrected chi connectivity index (χ0v) is 13.0. The van der Waals surface area contributed by atoms with Crippen LogP contribution in [0.4, 0.5) is 0 Å². The maximum absolute atomic E-state index is 11.9. The molecule has 22 heavy (non-hydrogen) atoms. The monoisotopic (exact) mass is 321 g/mol. The molecule has 0 fully saturated rings. The fourth-order valence-electron chi connectivity index (χ4n) is 2.42. The van der Waals surface area contributed by atoms with Gasteiger partial charge in [0.25, 0.3) is 0 Å². The summed E-state index contributed by atoms with van der Waals surface area (Å²) in [6.45, 7) is 1.91. The largest absolute Gasteiger partial charge is 0.692 e. The minimum absolute atomic E-state index is 0.524. The molecule has 0 radical (unpaired) electrons. The van der Waals surface area contributed by atoms with Crippen LogP contribution < -0.4 is 0 Å². The summed E-state index contributed by atoms with van der Waals surface area (Å²) in [6.07, 6.45) is 0.524. The molecule has 116 valence electrons. The van der Waals surface area contributed by atoms with E-state index >= 15 is 0 Å². The maximum Gasteiger partial charge on any atom is 0.692 e. The minimum atomic E-state index is -2.87. The first kappa shape index (κ1) is 18.0. The van der Waals surface area contributed by atoms with Gasteiger partial charge in [0.05, 0.1) is 0 Å². The van der Waals surface area contributed by atoms with Crippen molar-refractivity contribution in [3.05, 3.63) is 71.8 Å². The summed E-state index contributed by atoms with van der Waals surface area (Å²) in [6, 6.07) is 18.8. The Morgan fingerprint density at radius 2 is 1.27 bits per heavy atom. The van der Waals surface area contributed by atoms with Crippen molar-refractivity contribution in [3.63, 3.8) is 0 Å². The lowest BCUT2D eigenvalue weighted by molar-refractivity contribution is -0.142. The number of benzene rings is 2. The van der Waals surface area contributed by atoms with Gasteiger partial charge in [0.15, 0.2) is 0 Å². The molecule has 2 aromatic rings. The molecule has 2 rings (SSSR count). The second-order valence-electron chi connectivity index (χ2n) is 4.55. The van der Waals surface area contributed by atoms with Gasteiger partial charge in [0.1, 0.15) is 5.41 Å². The number of carbonyl (C=O) groups is 1. The Morgan fingerprint density at radius 3 is 1.50 bits per heavy atom. The molecule has 3 N–H and O–H groups in total. The summed E-state index contributed by atoms with van der Waals surface area (Å²) in [4.78, 5) is 26.1. The number of carboxylic acid groups (broad SMARTS) is 1. The van der Waals surface area contributed by atoms with Gasteiger partial charge in [-0.2, -0.15) is 0 Å². The molecule has 0 aromatic heterocycles. The molecular weight excluding hydrogens is 303 g/mol. The Hall–Kier alpha value is -2.07. The van der Waals surface area contributed by atoms with Crippen LogP contribution in [0.2, 0.25) is 0 Å². The molecule has 0 unspecified atom stereocenters. The number of hydrogen-bond acceptors (Lipinski definition) is 2. The molecule has 2 aromatic carbocycles. The van der Waals surface area contributed by atoms with Crippen molar-refractivity contribution in [2.24, 2.45) is 0 Å². The molecule has 0 atom stereocenters. The van der Waals surface area contributed by atoms with Crippen LogP contribution in [-0.4, -0.2) is 20.9 Å². The van der Waals surface area contributed by atoms with Gasteiger partial charge in [0.2, 0.25) is 0 Å². The van der Waals surface area contributed by atoms with Crippen LogP contribution in [0.1, 0.15) is 24.5 Å². The number of rotatable bonds is 4. The van der Waals surface area contributed by atoms with Gasteiger partial charge in [-0.15, -0.1) is 9.79 Å². The first-order chi connectivity index (χ1) is 10.4. The lowest BCUT2D eigenvalue weighted by Gasteiger charge is -2.29. The van der Waals surface area contributed by atoms with E-state index in [1.165, 1.54) is 0 Å². The van der Waals surface area contributed by atoms with Crippen molar-refractivity contribution in [1.29, 1.82) is 0 Å². The van der Waals surface area contributed by atoms with E-state index in [1.807, 2.05) is 67.6 Å². The van der Waals surface area contributed by atoms with Crippen molar-refractivity contribution in [2.45, 2.75) is 18.8 Å². The normalized spacial score (nSPS) is 10.3. The molecule has 6 heteroatoms. The Bertz CT molecular complexity index is 569. The highest BCUT2D eigenvalue weighted by Crippen LogP contribution is 2.35. The summed E-state index contributed by atoms with van der Waals surface area (Å²) in [5, 5.41) is 9.73. The predicted molar refractivity (Wildman–Crippen MR) is 83.6 cm³/mol. The molecule has 0 aliphatic carbocycles. The van der Waals surface area contributed by atoms with Crippen molar-refractivity contribution in [1.82, 2.24) is 0 Å². The van der Waals surface area contributed by atoms with Crippen LogP contribution in [0.5, 0.6) is 0 Å². The fraction of sp³-hybridized carbons (Fsp3) is 0.188. The van der Waals surface area contributed by atoms with E-state index in [4.69, 9.17) is 14.4 Å². The van der Waals surface area contributed by atoms with Crippen LogP contribution >= 0.6 is 8.25 Å². The quantitative estimate of drug-likeness (QED) is 0.752. The van der Waals surface area contributed by atoms with E-state index in [0.29, 0.717) is 6.42 Å². The van der Waals surface area contributed by atoms with Crippen molar-refractivity contribution >= 4 is 14.2 Å². The molecule has 0 saturated heterocycles. The zero-order valence-electron chi connectivity index (χ0n) is 12.1. The Labute approximate surface area is 129 Å². The van der Waals surface area contributed by atoms with Crippen molar-refractivity contribution in [3.8, 4) is 0 Å². The van der Waals surface area contributed by atoms with Crippen LogP contribution in [0, 0.1) is 0 Å². The third-order valence-corrected chi connectivity index (χ3v) is 3.43. The smallest absolute Gasteiger partial charge is 0.480 e. The fourth-order valence-corrected chi connectivity index (χ4v) is 2.42. The van der Waals surface area contributed by atoms with E-state index < -0.39 is 19.6 Å². The Balaban J connectivity index is 0.000000541. The lowest BCUT2D eigenvalue weighted by atomic mass is 9.72. The zero-order chi connectivity index (χ0) is 16.6. The minimum Gasteiger partial charge on any atom is -0.480 e. The van der Waals surface area contributed by atoms with E-state index in [2.05, 4.69) is 0 Å². The molecular formula is C16H18O5P+. The molecule has 0 aliphatic rings. The van der Waals surface area contributed by atoms with E-state index in [0.717, 1.165) is 11.1 Å². The second kappa shape index (κ2) is 8.39. The molecule has 0 amide bonds. The van der Waals surface area contributed by atoms with Gasteiger partial charge in [-0.25, -0.2) is 0 Å². The third-order valence-electron chi connectivity index (χ3n) is 3.43. The standard InChI is InChI=1S/C16H16O2.HO3P/c1-2-16(15(17)18,13-9-5-3-6-10-13)14-11-7-4-8-12-14;1-4(2)3/h3-12H,2H2,1H3,(H,17,18);(H-,1,2,3)/p+1. The predicted octanol–water partition coefficient (Wildman–Crippen LogP) is 3.10. The van der Waals surface area contributed by atoms with E-state index in [9.17, 15) is 9.90 Å². The van der Waals surface area contributed by atoms with Crippen molar-refractivity contribution in [2.75, 3.05) is 0 Å². The molecule has 0 aliphatic heterocycles. The maximum atomic E-state index is 11.9. The number of carboxylic acids is 1. The van der Waals surface area contributed by atoms with Crippen molar-refractivity contribution < 1.29 is 24.3 Å². The second-order valence-corrected chi connectivity index (χ2v) is 5.05. The highest BCUT2D eigenvalue weighted by atomic mass is 31.1. The van der Waals surface area contributed by atoms with E-state index in [-0.39, 0.29) is 0 Å². The van der Waals surface area contributed by atoms with Crippen LogP contribution in [0.3, 0.4) is 0 Å². The summed E-state index contributed by atoms with van der Waals surface area (Å²) in [5.74, 6) is -0.803. The first-order valence-corrected chi connectivity index (χ1v) is 7.81. The highest BCUT2D eigenvalue weighted by Gasteiger charge is 2.40. The number of hydrogen-bond donors (Lipinski definition) is 3. The van der Waals surface area contributed by atoms with Gasteiger partial charge >= 0.3 is 14.2 Å². The molecule has 5 nitrogen and oxygen atoms in total. The summed E-state index contributed by atoms with van der Waals surface area (Å²) in [7, 11) is -2.87. The summed E-state index contributed by atoms with van der Waals surface area (Å²) < 4.78 is 8.70. The first-order valence-electron chi connectivity index (χ1n) is 6.64. The lowest BCUT2D eigenvalue weighted by Crippen LogP contribution is -2.36. The van der Waals surface area contributed by atoms with Gasteiger partial charge in [0, 0.05) is 4.57 Å². The van der Waals surface area contributed by atoms with Crippen LogP contribution in [-0.2, 0) is 14.8 Å². The summed E-state index contributed by atoms with van der Waals surface area (Å²) in [5.41, 5.74) is 0.695. The van der Waals surface area contributed by atoms with Gasteiger partial charge in [-0.1, -0.05) is 67.6 Å². The third kappa shape index (κ3) is 4.21.